The molecular weight excluding hydrogens is 324 g/mol. The number of piperidine rings is 1. The van der Waals surface area contributed by atoms with Crippen molar-refractivity contribution >= 4 is 23.5 Å². The Bertz CT molecular complexity index is 614. The van der Waals surface area contributed by atoms with Crippen molar-refractivity contribution in [2.24, 2.45) is 5.92 Å². The molecule has 1 saturated heterocycles. The molecule has 1 fully saturated rings. The zero-order chi connectivity index (χ0) is 18.2. The van der Waals surface area contributed by atoms with Crippen LogP contribution in [0.3, 0.4) is 0 Å². The summed E-state index contributed by atoms with van der Waals surface area (Å²) < 4.78 is 9.70. The predicted molar refractivity (Wildman–Crippen MR) is 92.2 cm³/mol. The first-order valence-electron chi connectivity index (χ1n) is 8.40. The van der Waals surface area contributed by atoms with E-state index in [4.69, 9.17) is 4.74 Å². The van der Waals surface area contributed by atoms with Crippen LogP contribution in [0.2, 0.25) is 0 Å². The average molecular weight is 348 g/mol. The summed E-state index contributed by atoms with van der Waals surface area (Å²) in [6.45, 7) is 3.70. The lowest BCUT2D eigenvalue weighted by Gasteiger charge is -2.30. The van der Waals surface area contributed by atoms with Gasteiger partial charge in [-0.1, -0.05) is 0 Å². The molecule has 1 atom stereocenters. The highest BCUT2D eigenvalue weighted by molar-refractivity contribution is 5.94. The fourth-order valence-electron chi connectivity index (χ4n) is 2.86. The topological polar surface area (TPSA) is 84.9 Å². The van der Waals surface area contributed by atoms with E-state index in [0.717, 1.165) is 19.4 Å². The Morgan fingerprint density at radius 2 is 1.96 bits per heavy atom. The van der Waals surface area contributed by atoms with Crippen molar-refractivity contribution in [2.45, 2.75) is 19.8 Å². The van der Waals surface area contributed by atoms with Gasteiger partial charge in [-0.25, -0.2) is 4.79 Å². The van der Waals surface area contributed by atoms with Gasteiger partial charge in [-0.15, -0.1) is 0 Å². The number of hydrogen-bond donors (Lipinski definition) is 1. The van der Waals surface area contributed by atoms with E-state index in [1.54, 1.807) is 31.2 Å². The molecule has 136 valence electrons. The monoisotopic (exact) mass is 348 g/mol. The second-order valence-electron chi connectivity index (χ2n) is 5.94. The Balaban J connectivity index is 1.85. The molecule has 0 radical (unpaired) electrons. The second kappa shape index (κ2) is 9.17. The molecule has 1 aromatic carbocycles. The van der Waals surface area contributed by atoms with Crippen LogP contribution in [0, 0.1) is 5.92 Å². The first-order chi connectivity index (χ1) is 12.0. The maximum atomic E-state index is 12.2. The summed E-state index contributed by atoms with van der Waals surface area (Å²) in [5.41, 5.74) is 1.03. The smallest absolute Gasteiger partial charge is 0.337 e. The van der Waals surface area contributed by atoms with Gasteiger partial charge in [0.15, 0.2) is 0 Å². The molecule has 0 bridgehead atoms. The molecule has 1 aromatic rings. The van der Waals surface area contributed by atoms with Gasteiger partial charge in [0, 0.05) is 12.2 Å². The number of anilines is 1. The largest absolute Gasteiger partial charge is 0.466 e. The molecule has 1 heterocycles. The molecule has 7 heteroatoms. The summed E-state index contributed by atoms with van der Waals surface area (Å²) in [7, 11) is 1.32. The first-order valence-corrected chi connectivity index (χ1v) is 8.40. The SMILES string of the molecule is CCOC(=O)[C@H]1CCCN(CC(=O)Nc2ccc(C(=O)OC)cc2)C1. The molecule has 1 N–H and O–H groups in total. The van der Waals surface area contributed by atoms with Gasteiger partial charge in [-0.3, -0.25) is 14.5 Å². The summed E-state index contributed by atoms with van der Waals surface area (Å²) in [5, 5.41) is 2.79. The third kappa shape index (κ3) is 5.56. The average Bonchev–Trinajstić information content (AvgIpc) is 2.62. The molecule has 0 aromatic heterocycles. The Kier molecular flexibility index (Phi) is 6.94. The number of benzene rings is 1. The van der Waals surface area contributed by atoms with Crippen LogP contribution in [0.15, 0.2) is 24.3 Å². The normalized spacial score (nSPS) is 17.6. The number of amides is 1. The van der Waals surface area contributed by atoms with Crippen LogP contribution in [0.25, 0.3) is 0 Å². The number of rotatable bonds is 6. The van der Waals surface area contributed by atoms with Crippen LogP contribution in [0.5, 0.6) is 0 Å². The standard InChI is InChI=1S/C18H24N2O5/c1-3-25-18(23)14-5-4-10-20(11-14)12-16(21)19-15-8-6-13(7-9-15)17(22)24-2/h6-9,14H,3-5,10-12H2,1-2H3,(H,19,21)/t14-/m0/s1. The number of nitrogens with one attached hydrogen (secondary N) is 1. The Labute approximate surface area is 147 Å². The number of likely N-dealkylation sites (tertiary alicyclic amines) is 1. The predicted octanol–water partition coefficient (Wildman–Crippen LogP) is 1.69. The van der Waals surface area contributed by atoms with E-state index >= 15 is 0 Å². The first kappa shape index (κ1) is 18.9. The van der Waals surface area contributed by atoms with Crippen LogP contribution >= 0.6 is 0 Å². The van der Waals surface area contributed by atoms with Crippen molar-refractivity contribution in [3.63, 3.8) is 0 Å². The van der Waals surface area contributed by atoms with E-state index in [1.165, 1.54) is 7.11 Å². The van der Waals surface area contributed by atoms with Crippen LogP contribution in [0.1, 0.15) is 30.1 Å². The fraction of sp³-hybridized carbons (Fsp3) is 0.500. The van der Waals surface area contributed by atoms with Crippen molar-refractivity contribution in [2.75, 3.05) is 38.7 Å². The zero-order valence-corrected chi connectivity index (χ0v) is 14.6. The number of esters is 2. The molecule has 2 rings (SSSR count). The third-order valence-electron chi connectivity index (χ3n) is 4.08. The van der Waals surface area contributed by atoms with Gasteiger partial charge >= 0.3 is 11.9 Å². The minimum Gasteiger partial charge on any atom is -0.466 e. The highest BCUT2D eigenvalue weighted by Crippen LogP contribution is 2.18. The molecule has 25 heavy (non-hydrogen) atoms. The minimum atomic E-state index is -0.420. The lowest BCUT2D eigenvalue weighted by molar-refractivity contribution is -0.150. The molecule has 0 saturated carbocycles. The number of hydrogen-bond acceptors (Lipinski definition) is 6. The van der Waals surface area contributed by atoms with Gasteiger partial charge in [0.05, 0.1) is 31.7 Å². The second-order valence-corrected chi connectivity index (χ2v) is 5.94. The summed E-state index contributed by atoms with van der Waals surface area (Å²) in [4.78, 5) is 37.4. The summed E-state index contributed by atoms with van der Waals surface area (Å²) in [6, 6.07) is 6.50. The van der Waals surface area contributed by atoms with Crippen molar-refractivity contribution in [1.82, 2.24) is 4.90 Å². The van der Waals surface area contributed by atoms with E-state index in [-0.39, 0.29) is 24.3 Å². The highest BCUT2D eigenvalue weighted by Gasteiger charge is 2.27. The molecular formula is C18H24N2O5. The fourth-order valence-corrected chi connectivity index (χ4v) is 2.86. The number of carbonyl (C=O) groups is 3. The zero-order valence-electron chi connectivity index (χ0n) is 14.6. The van der Waals surface area contributed by atoms with E-state index in [9.17, 15) is 14.4 Å². The maximum absolute atomic E-state index is 12.2. The molecule has 0 spiro atoms. The quantitative estimate of drug-likeness (QED) is 0.788. The van der Waals surface area contributed by atoms with Gasteiger partial charge < -0.3 is 14.8 Å². The van der Waals surface area contributed by atoms with Crippen LogP contribution in [0.4, 0.5) is 5.69 Å². The van der Waals surface area contributed by atoms with Crippen LogP contribution < -0.4 is 5.32 Å². The molecule has 0 unspecified atom stereocenters. The van der Waals surface area contributed by atoms with E-state index in [1.807, 2.05) is 4.90 Å². The number of ether oxygens (including phenoxy) is 2. The lowest BCUT2D eigenvalue weighted by atomic mass is 9.98. The molecule has 7 nitrogen and oxygen atoms in total. The highest BCUT2D eigenvalue weighted by atomic mass is 16.5. The van der Waals surface area contributed by atoms with Gasteiger partial charge in [0.25, 0.3) is 0 Å². The van der Waals surface area contributed by atoms with Crippen LogP contribution in [-0.2, 0) is 19.1 Å². The number of nitrogens with zero attached hydrogens (tertiary/aromatic N) is 1. The summed E-state index contributed by atoms with van der Waals surface area (Å²) in [6.07, 6.45) is 1.66. The van der Waals surface area contributed by atoms with Crippen molar-refractivity contribution in [1.29, 1.82) is 0 Å². The Morgan fingerprint density at radius 1 is 1.24 bits per heavy atom. The summed E-state index contributed by atoms with van der Waals surface area (Å²) in [5.74, 6) is -0.932. The van der Waals surface area contributed by atoms with Gasteiger partial charge in [-0.05, 0) is 50.6 Å². The van der Waals surface area contributed by atoms with Crippen molar-refractivity contribution < 1.29 is 23.9 Å². The third-order valence-corrected chi connectivity index (χ3v) is 4.08. The minimum absolute atomic E-state index is 0.157. The molecule has 1 aliphatic heterocycles. The number of methoxy groups -OCH3 is 1. The van der Waals surface area contributed by atoms with Crippen molar-refractivity contribution in [3.8, 4) is 0 Å². The van der Waals surface area contributed by atoms with Gasteiger partial charge in [-0.2, -0.15) is 0 Å². The van der Waals surface area contributed by atoms with E-state index in [2.05, 4.69) is 10.1 Å². The maximum Gasteiger partial charge on any atom is 0.337 e. The molecule has 0 aliphatic carbocycles. The Hall–Kier alpha value is -2.41. The van der Waals surface area contributed by atoms with Crippen molar-refractivity contribution in [3.05, 3.63) is 29.8 Å². The van der Waals surface area contributed by atoms with E-state index in [0.29, 0.717) is 24.4 Å². The van der Waals surface area contributed by atoms with Gasteiger partial charge in [0.2, 0.25) is 5.91 Å². The van der Waals surface area contributed by atoms with E-state index < -0.39 is 5.97 Å². The molecule has 1 aliphatic rings. The number of carbonyl (C=O) groups excluding carboxylic acids is 3. The lowest BCUT2D eigenvalue weighted by Crippen LogP contribution is -2.43. The Morgan fingerprint density at radius 3 is 2.60 bits per heavy atom. The molecule has 1 amide bonds. The van der Waals surface area contributed by atoms with Gasteiger partial charge in [0.1, 0.15) is 0 Å². The summed E-state index contributed by atoms with van der Waals surface area (Å²) >= 11 is 0. The van der Waals surface area contributed by atoms with Crippen LogP contribution in [-0.4, -0.2) is 56.1 Å².